The first-order valence-electron chi connectivity index (χ1n) is 7.57. The standard InChI is InChI=1S/C17H22N2O4S/c1-11-15(17(20)18-6-5-7-24-4)16(23-19-11)12-8-13(21-2)10-14(9-12)22-3/h8-10H,5-7H2,1-4H3,(H,18,20). The lowest BCUT2D eigenvalue weighted by Crippen LogP contribution is -2.25. The number of methoxy groups -OCH3 is 2. The molecule has 130 valence electrons. The molecule has 0 aliphatic heterocycles. The average Bonchev–Trinajstić information content (AvgIpc) is 2.99. The van der Waals surface area contributed by atoms with Crippen molar-refractivity contribution in [2.75, 3.05) is 32.8 Å². The molecule has 0 unspecified atom stereocenters. The van der Waals surface area contributed by atoms with Gasteiger partial charge in [0.1, 0.15) is 17.1 Å². The van der Waals surface area contributed by atoms with Gasteiger partial charge in [-0.15, -0.1) is 0 Å². The van der Waals surface area contributed by atoms with Gasteiger partial charge in [-0.3, -0.25) is 4.79 Å². The van der Waals surface area contributed by atoms with Crippen molar-refractivity contribution in [1.82, 2.24) is 10.5 Å². The molecule has 0 fully saturated rings. The number of rotatable bonds is 8. The highest BCUT2D eigenvalue weighted by molar-refractivity contribution is 7.98. The number of ether oxygens (including phenoxy) is 2. The Morgan fingerprint density at radius 3 is 2.50 bits per heavy atom. The third kappa shape index (κ3) is 4.23. The zero-order valence-corrected chi connectivity index (χ0v) is 15.2. The van der Waals surface area contributed by atoms with Crippen LogP contribution in [-0.2, 0) is 0 Å². The van der Waals surface area contributed by atoms with Crippen molar-refractivity contribution in [2.45, 2.75) is 13.3 Å². The number of aryl methyl sites for hydroxylation is 1. The summed E-state index contributed by atoms with van der Waals surface area (Å²) in [7, 11) is 3.15. The van der Waals surface area contributed by atoms with E-state index in [0.717, 1.165) is 12.2 Å². The first-order chi connectivity index (χ1) is 11.6. The van der Waals surface area contributed by atoms with E-state index in [0.29, 0.717) is 40.6 Å². The minimum Gasteiger partial charge on any atom is -0.497 e. The minimum absolute atomic E-state index is 0.188. The molecule has 6 nitrogen and oxygen atoms in total. The van der Waals surface area contributed by atoms with E-state index < -0.39 is 0 Å². The molecule has 1 heterocycles. The van der Waals surface area contributed by atoms with Crippen molar-refractivity contribution >= 4 is 17.7 Å². The maximum atomic E-state index is 12.5. The van der Waals surface area contributed by atoms with Crippen LogP contribution in [0.15, 0.2) is 22.7 Å². The molecule has 1 aromatic carbocycles. The second kappa shape index (κ2) is 8.63. The zero-order chi connectivity index (χ0) is 17.5. The summed E-state index contributed by atoms with van der Waals surface area (Å²) in [5, 5.41) is 6.86. The summed E-state index contributed by atoms with van der Waals surface area (Å²) in [4.78, 5) is 12.5. The molecular weight excluding hydrogens is 328 g/mol. The van der Waals surface area contributed by atoms with Crippen LogP contribution < -0.4 is 14.8 Å². The van der Waals surface area contributed by atoms with Gasteiger partial charge in [0.05, 0.1) is 19.9 Å². The fourth-order valence-corrected chi connectivity index (χ4v) is 2.71. The predicted octanol–water partition coefficient (Wildman–Crippen LogP) is 3.15. The highest BCUT2D eigenvalue weighted by Gasteiger charge is 2.22. The molecule has 0 atom stereocenters. The summed E-state index contributed by atoms with van der Waals surface area (Å²) < 4.78 is 15.9. The third-order valence-corrected chi connectivity index (χ3v) is 4.21. The van der Waals surface area contributed by atoms with Crippen LogP contribution in [0.4, 0.5) is 0 Å². The number of carbonyl (C=O) groups is 1. The number of hydrogen-bond donors (Lipinski definition) is 1. The number of thioether (sulfide) groups is 1. The first kappa shape index (κ1) is 18.2. The monoisotopic (exact) mass is 350 g/mol. The van der Waals surface area contributed by atoms with E-state index >= 15 is 0 Å². The maximum absolute atomic E-state index is 12.5. The molecule has 0 saturated heterocycles. The summed E-state index contributed by atoms with van der Waals surface area (Å²) in [5.41, 5.74) is 1.67. The lowest BCUT2D eigenvalue weighted by molar-refractivity contribution is 0.0953. The van der Waals surface area contributed by atoms with E-state index in [4.69, 9.17) is 14.0 Å². The number of carbonyl (C=O) groups excluding carboxylic acids is 1. The van der Waals surface area contributed by atoms with E-state index in [1.807, 2.05) is 6.26 Å². The van der Waals surface area contributed by atoms with Crippen molar-refractivity contribution in [3.8, 4) is 22.8 Å². The third-order valence-electron chi connectivity index (χ3n) is 3.51. The number of amides is 1. The molecule has 24 heavy (non-hydrogen) atoms. The average molecular weight is 350 g/mol. The molecule has 0 aliphatic carbocycles. The predicted molar refractivity (Wildman–Crippen MR) is 95.1 cm³/mol. The van der Waals surface area contributed by atoms with Crippen LogP contribution in [0, 0.1) is 6.92 Å². The highest BCUT2D eigenvalue weighted by Crippen LogP contribution is 2.32. The number of aromatic nitrogens is 1. The Labute approximate surface area is 145 Å². The van der Waals surface area contributed by atoms with E-state index in [1.165, 1.54) is 0 Å². The Morgan fingerprint density at radius 2 is 1.92 bits per heavy atom. The van der Waals surface area contributed by atoms with Gasteiger partial charge in [0.2, 0.25) is 0 Å². The molecule has 1 aromatic heterocycles. The van der Waals surface area contributed by atoms with Crippen LogP contribution >= 0.6 is 11.8 Å². The van der Waals surface area contributed by atoms with Crippen molar-refractivity contribution < 1.29 is 18.8 Å². The lowest BCUT2D eigenvalue weighted by atomic mass is 10.1. The van der Waals surface area contributed by atoms with Crippen molar-refractivity contribution in [3.63, 3.8) is 0 Å². The topological polar surface area (TPSA) is 73.6 Å². The van der Waals surface area contributed by atoms with Gasteiger partial charge in [-0.05, 0) is 37.5 Å². The quantitative estimate of drug-likeness (QED) is 0.737. The summed E-state index contributed by atoms with van der Waals surface area (Å²) >= 11 is 1.75. The van der Waals surface area contributed by atoms with Crippen LogP contribution in [0.1, 0.15) is 22.5 Å². The van der Waals surface area contributed by atoms with Crippen LogP contribution in [-0.4, -0.2) is 43.8 Å². The molecule has 0 saturated carbocycles. The number of nitrogens with zero attached hydrogens (tertiary/aromatic N) is 1. The van der Waals surface area contributed by atoms with Gasteiger partial charge in [-0.2, -0.15) is 11.8 Å². The van der Waals surface area contributed by atoms with Gasteiger partial charge in [-0.25, -0.2) is 0 Å². The van der Waals surface area contributed by atoms with E-state index in [-0.39, 0.29) is 5.91 Å². The molecule has 2 rings (SSSR count). The molecule has 7 heteroatoms. The number of benzene rings is 1. The molecule has 1 amide bonds. The Kier molecular flexibility index (Phi) is 6.54. The van der Waals surface area contributed by atoms with Crippen LogP contribution in [0.2, 0.25) is 0 Å². The van der Waals surface area contributed by atoms with Gasteiger partial charge in [0.15, 0.2) is 5.76 Å². The van der Waals surface area contributed by atoms with Gasteiger partial charge in [-0.1, -0.05) is 5.16 Å². The molecule has 0 bridgehead atoms. The van der Waals surface area contributed by atoms with Crippen LogP contribution in [0.25, 0.3) is 11.3 Å². The largest absolute Gasteiger partial charge is 0.497 e. The highest BCUT2D eigenvalue weighted by atomic mass is 32.2. The van der Waals surface area contributed by atoms with Gasteiger partial charge >= 0.3 is 0 Å². The summed E-state index contributed by atoms with van der Waals surface area (Å²) in [6, 6.07) is 5.33. The molecule has 0 radical (unpaired) electrons. The summed E-state index contributed by atoms with van der Waals surface area (Å²) in [5.74, 6) is 2.45. The number of hydrogen-bond acceptors (Lipinski definition) is 6. The first-order valence-corrected chi connectivity index (χ1v) is 8.97. The fraction of sp³-hybridized carbons (Fsp3) is 0.412. The Balaban J connectivity index is 2.31. The lowest BCUT2D eigenvalue weighted by Gasteiger charge is -2.08. The van der Waals surface area contributed by atoms with Crippen LogP contribution in [0.3, 0.4) is 0 Å². The Hall–Kier alpha value is -2.15. The second-order valence-corrected chi connectivity index (χ2v) is 6.16. The van der Waals surface area contributed by atoms with Crippen molar-refractivity contribution in [3.05, 3.63) is 29.5 Å². The second-order valence-electron chi connectivity index (χ2n) is 5.18. The molecule has 0 spiro atoms. The minimum atomic E-state index is -0.188. The van der Waals surface area contributed by atoms with E-state index in [9.17, 15) is 4.79 Å². The van der Waals surface area contributed by atoms with Gasteiger partial charge < -0.3 is 19.3 Å². The molecule has 2 aromatic rings. The van der Waals surface area contributed by atoms with Gasteiger partial charge in [0, 0.05) is 18.2 Å². The van der Waals surface area contributed by atoms with E-state index in [2.05, 4.69) is 10.5 Å². The maximum Gasteiger partial charge on any atom is 0.257 e. The Morgan fingerprint density at radius 1 is 1.25 bits per heavy atom. The SMILES string of the molecule is COc1cc(OC)cc(-c2onc(C)c2C(=O)NCCCSC)c1. The molecule has 0 aliphatic rings. The fourth-order valence-electron chi connectivity index (χ4n) is 2.28. The summed E-state index contributed by atoms with van der Waals surface area (Å²) in [6.07, 6.45) is 2.96. The normalized spacial score (nSPS) is 10.5. The van der Waals surface area contributed by atoms with Gasteiger partial charge in [0.25, 0.3) is 5.91 Å². The Bertz CT molecular complexity index is 678. The van der Waals surface area contributed by atoms with Crippen molar-refractivity contribution in [1.29, 1.82) is 0 Å². The van der Waals surface area contributed by atoms with Crippen molar-refractivity contribution in [2.24, 2.45) is 0 Å². The molecular formula is C17H22N2O4S. The smallest absolute Gasteiger partial charge is 0.257 e. The zero-order valence-electron chi connectivity index (χ0n) is 14.3. The van der Waals surface area contributed by atoms with E-state index in [1.54, 1.807) is 51.1 Å². The number of nitrogens with one attached hydrogen (secondary N) is 1. The molecule has 1 N–H and O–H groups in total. The van der Waals surface area contributed by atoms with Crippen LogP contribution in [0.5, 0.6) is 11.5 Å². The summed E-state index contributed by atoms with van der Waals surface area (Å²) in [6.45, 7) is 2.37.